The highest BCUT2D eigenvalue weighted by molar-refractivity contribution is 5.86. The van der Waals surface area contributed by atoms with Gasteiger partial charge in [-0.2, -0.15) is 0 Å². The number of aliphatic imine (C=N–C) groups is 1. The Balaban J connectivity index is 1.73. The molecule has 7 heteroatoms. The van der Waals surface area contributed by atoms with E-state index in [0.717, 1.165) is 38.3 Å². The molecule has 1 aliphatic rings. The molecule has 0 spiro atoms. The van der Waals surface area contributed by atoms with Crippen LogP contribution in [0.4, 0.5) is 0 Å². The minimum absolute atomic E-state index is 0.0378. The minimum atomic E-state index is 0.0378. The fourth-order valence-electron chi connectivity index (χ4n) is 3.81. The summed E-state index contributed by atoms with van der Waals surface area (Å²) in [6.07, 6.45) is 8.59. The first-order valence-corrected chi connectivity index (χ1v) is 10.7. The molecule has 1 amide bonds. The first kappa shape index (κ1) is 23.1. The number of hydrogen-bond acceptors (Lipinski definition) is 4. The molecule has 0 atom stereocenters. The Morgan fingerprint density at radius 1 is 1.31 bits per heavy atom. The fraction of sp³-hybridized carbons (Fsp3) is 0.682. The van der Waals surface area contributed by atoms with Crippen LogP contribution >= 0.6 is 0 Å². The second-order valence-electron chi connectivity index (χ2n) is 7.82. The van der Waals surface area contributed by atoms with Gasteiger partial charge in [-0.25, -0.2) is 0 Å². The van der Waals surface area contributed by atoms with Crippen LogP contribution in [0.15, 0.2) is 29.4 Å². The van der Waals surface area contributed by atoms with E-state index in [1.54, 1.807) is 18.1 Å². The van der Waals surface area contributed by atoms with Gasteiger partial charge in [-0.05, 0) is 43.7 Å². The first-order chi connectivity index (χ1) is 14.1. The number of pyridine rings is 1. The van der Waals surface area contributed by atoms with Crippen molar-refractivity contribution in [1.82, 2.24) is 20.5 Å². The number of guanidine groups is 1. The molecule has 1 heterocycles. The third kappa shape index (κ3) is 8.01. The quantitative estimate of drug-likeness (QED) is 0.337. The first-order valence-electron chi connectivity index (χ1n) is 10.7. The average Bonchev–Trinajstić information content (AvgIpc) is 3.22. The van der Waals surface area contributed by atoms with Crippen molar-refractivity contribution in [2.24, 2.45) is 10.4 Å². The lowest BCUT2D eigenvalue weighted by molar-refractivity contribution is -0.128. The molecular weight excluding hydrogens is 366 g/mol. The van der Waals surface area contributed by atoms with E-state index in [9.17, 15) is 4.79 Å². The normalized spacial score (nSPS) is 15.9. The molecule has 2 N–H and O–H groups in total. The van der Waals surface area contributed by atoms with Gasteiger partial charge in [0, 0.05) is 58.7 Å². The molecule has 0 aromatic carbocycles. The van der Waals surface area contributed by atoms with Crippen LogP contribution in [-0.2, 0) is 16.0 Å². The number of hydrogen-bond donors (Lipinski definition) is 2. The zero-order valence-corrected chi connectivity index (χ0v) is 18.2. The maximum Gasteiger partial charge on any atom is 0.241 e. The maximum atomic E-state index is 12.4. The summed E-state index contributed by atoms with van der Waals surface area (Å²) in [6, 6.07) is 5.84. The summed E-state index contributed by atoms with van der Waals surface area (Å²) in [5.74, 6) is 0.718. The van der Waals surface area contributed by atoms with Gasteiger partial charge in [-0.1, -0.05) is 18.9 Å². The van der Waals surface area contributed by atoms with Gasteiger partial charge < -0.3 is 20.3 Å². The molecule has 0 radical (unpaired) electrons. The highest BCUT2D eigenvalue weighted by Gasteiger charge is 2.33. The molecule has 1 saturated carbocycles. The Hall–Kier alpha value is -2.15. The predicted octanol–water partition coefficient (Wildman–Crippen LogP) is 2.23. The second-order valence-corrected chi connectivity index (χ2v) is 7.82. The maximum absolute atomic E-state index is 12.4. The summed E-state index contributed by atoms with van der Waals surface area (Å²) in [6.45, 7) is 5.35. The van der Waals surface area contributed by atoms with Crippen molar-refractivity contribution < 1.29 is 9.53 Å². The summed E-state index contributed by atoms with van der Waals surface area (Å²) in [4.78, 5) is 22.7. The van der Waals surface area contributed by atoms with Gasteiger partial charge in [-0.15, -0.1) is 0 Å². The lowest BCUT2D eigenvalue weighted by Gasteiger charge is -2.30. The van der Waals surface area contributed by atoms with Gasteiger partial charge in [-0.3, -0.25) is 14.8 Å². The predicted molar refractivity (Wildman–Crippen MR) is 117 cm³/mol. The number of ether oxygens (including phenoxy) is 1. The Bertz CT molecular complexity index is 629. The van der Waals surface area contributed by atoms with Crippen molar-refractivity contribution in [3.8, 4) is 0 Å². The summed E-state index contributed by atoms with van der Waals surface area (Å²) in [7, 11) is 3.57. The molecule has 1 aromatic heterocycles. The Morgan fingerprint density at radius 3 is 2.76 bits per heavy atom. The van der Waals surface area contributed by atoms with E-state index in [-0.39, 0.29) is 17.9 Å². The number of amides is 1. The lowest BCUT2D eigenvalue weighted by Crippen LogP contribution is -2.47. The smallest absolute Gasteiger partial charge is 0.241 e. The van der Waals surface area contributed by atoms with Gasteiger partial charge >= 0.3 is 0 Å². The van der Waals surface area contributed by atoms with Crippen molar-refractivity contribution in [2.75, 3.05) is 46.9 Å². The number of aromatic nitrogens is 1. The lowest BCUT2D eigenvalue weighted by atomic mass is 9.83. The van der Waals surface area contributed by atoms with Crippen molar-refractivity contribution in [1.29, 1.82) is 0 Å². The van der Waals surface area contributed by atoms with Gasteiger partial charge in [0.15, 0.2) is 5.96 Å². The summed E-state index contributed by atoms with van der Waals surface area (Å²) >= 11 is 0. The van der Waals surface area contributed by atoms with E-state index in [1.165, 1.54) is 25.7 Å². The van der Waals surface area contributed by atoms with Gasteiger partial charge in [0.05, 0.1) is 6.54 Å². The number of carbonyl (C=O) groups excluding carboxylic acids is 1. The molecule has 1 fully saturated rings. The zero-order chi connectivity index (χ0) is 21.0. The standard InChI is InChI=1S/C22H37N5O2/c1-4-29-16-13-22(11-6-7-12-22)18-26-21(23-2)25-17-20(28)27(3)15-10-19-9-5-8-14-24-19/h5,8-9,14H,4,6-7,10-13,15-18H2,1-3H3,(H2,23,25,26). The van der Waals surface area contributed by atoms with E-state index < -0.39 is 0 Å². The van der Waals surface area contributed by atoms with E-state index in [4.69, 9.17) is 4.74 Å². The molecule has 162 valence electrons. The van der Waals surface area contributed by atoms with Crippen LogP contribution in [0.5, 0.6) is 0 Å². The van der Waals surface area contributed by atoms with Gasteiger partial charge in [0.1, 0.15) is 0 Å². The third-order valence-corrected chi connectivity index (χ3v) is 5.76. The van der Waals surface area contributed by atoms with E-state index >= 15 is 0 Å². The number of nitrogens with zero attached hydrogens (tertiary/aromatic N) is 3. The molecule has 0 saturated heterocycles. The van der Waals surface area contributed by atoms with Crippen molar-refractivity contribution in [2.45, 2.75) is 45.4 Å². The molecule has 1 aromatic rings. The van der Waals surface area contributed by atoms with E-state index in [0.29, 0.717) is 12.5 Å². The molecule has 29 heavy (non-hydrogen) atoms. The molecule has 0 bridgehead atoms. The highest BCUT2D eigenvalue weighted by Crippen LogP contribution is 2.40. The Labute approximate surface area is 175 Å². The number of carbonyl (C=O) groups is 1. The third-order valence-electron chi connectivity index (χ3n) is 5.76. The minimum Gasteiger partial charge on any atom is -0.382 e. The van der Waals surface area contributed by atoms with Gasteiger partial charge in [0.25, 0.3) is 0 Å². The Morgan fingerprint density at radius 2 is 2.10 bits per heavy atom. The van der Waals surface area contributed by atoms with Crippen LogP contribution in [0, 0.1) is 5.41 Å². The molecule has 0 aliphatic heterocycles. The monoisotopic (exact) mass is 403 g/mol. The number of likely N-dealkylation sites (N-methyl/N-ethyl adjacent to an activating group) is 1. The molecule has 7 nitrogen and oxygen atoms in total. The van der Waals surface area contributed by atoms with E-state index in [1.807, 2.05) is 32.2 Å². The Kier molecular flexibility index (Phi) is 9.91. The van der Waals surface area contributed by atoms with Crippen LogP contribution < -0.4 is 10.6 Å². The van der Waals surface area contributed by atoms with Crippen molar-refractivity contribution >= 4 is 11.9 Å². The van der Waals surface area contributed by atoms with Crippen molar-refractivity contribution in [3.05, 3.63) is 30.1 Å². The van der Waals surface area contributed by atoms with Crippen LogP contribution in [0.1, 0.15) is 44.7 Å². The highest BCUT2D eigenvalue weighted by atomic mass is 16.5. The summed E-state index contributed by atoms with van der Waals surface area (Å²) in [5, 5.41) is 6.59. The molecule has 2 rings (SSSR count). The fourth-order valence-corrected chi connectivity index (χ4v) is 3.81. The van der Waals surface area contributed by atoms with E-state index in [2.05, 4.69) is 20.6 Å². The zero-order valence-electron chi connectivity index (χ0n) is 18.2. The van der Waals surface area contributed by atoms with Crippen LogP contribution in [0.3, 0.4) is 0 Å². The second kappa shape index (κ2) is 12.4. The molecule has 1 aliphatic carbocycles. The molecule has 0 unspecified atom stereocenters. The van der Waals surface area contributed by atoms with Crippen LogP contribution in [-0.4, -0.2) is 68.7 Å². The summed E-state index contributed by atoms with van der Waals surface area (Å²) in [5.41, 5.74) is 1.27. The summed E-state index contributed by atoms with van der Waals surface area (Å²) < 4.78 is 5.59. The largest absolute Gasteiger partial charge is 0.382 e. The number of nitrogens with one attached hydrogen (secondary N) is 2. The van der Waals surface area contributed by atoms with Crippen molar-refractivity contribution in [3.63, 3.8) is 0 Å². The topological polar surface area (TPSA) is 78.8 Å². The van der Waals surface area contributed by atoms with Crippen LogP contribution in [0.25, 0.3) is 0 Å². The van der Waals surface area contributed by atoms with Crippen LogP contribution in [0.2, 0.25) is 0 Å². The van der Waals surface area contributed by atoms with Gasteiger partial charge in [0.2, 0.25) is 5.91 Å². The average molecular weight is 404 g/mol. The number of rotatable bonds is 11. The SMILES string of the molecule is CCOCCC1(CNC(=NC)NCC(=O)N(C)CCc2ccccn2)CCCC1. The molecular formula is C22H37N5O2.